The molecule has 0 aliphatic rings. The predicted octanol–water partition coefficient (Wildman–Crippen LogP) is 5.81. The van der Waals surface area contributed by atoms with Crippen LogP contribution in [0, 0.1) is 0 Å². The molecule has 0 spiro atoms. The number of hydrazone groups is 1. The Morgan fingerprint density at radius 1 is 1.19 bits per heavy atom. The Morgan fingerprint density at radius 3 is 2.68 bits per heavy atom. The maximum atomic E-state index is 12.1. The monoisotopic (exact) mass is 522 g/mol. The third-order valence-electron chi connectivity index (χ3n) is 4.17. The highest BCUT2D eigenvalue weighted by atomic mass is 79.9. The number of carbonyl (C=O) groups excluding carboxylic acids is 1. The average Bonchev–Trinajstić information content (AvgIpc) is 2.74. The molecule has 9 heteroatoms. The van der Waals surface area contributed by atoms with Gasteiger partial charge in [-0.05, 0) is 57.9 Å². The number of benzene rings is 3. The van der Waals surface area contributed by atoms with E-state index in [0.29, 0.717) is 31.6 Å². The fraction of sp³-hybridized carbons (Fsp3) is 0.0909. The lowest BCUT2D eigenvalue weighted by Crippen LogP contribution is -2.17. The molecule has 0 radical (unpaired) electrons. The highest BCUT2D eigenvalue weighted by Crippen LogP contribution is 2.37. The van der Waals surface area contributed by atoms with Gasteiger partial charge in [0, 0.05) is 15.6 Å². The number of phenols is 1. The summed E-state index contributed by atoms with van der Waals surface area (Å²) in [5, 5.41) is 14.7. The van der Waals surface area contributed by atoms with Gasteiger partial charge in [0.05, 0.1) is 23.4 Å². The Labute approximate surface area is 197 Å². The first-order chi connectivity index (χ1) is 14.9. The Bertz CT molecular complexity index is 1140. The summed E-state index contributed by atoms with van der Waals surface area (Å²) in [6.07, 6.45) is 1.45. The molecule has 1 amide bonds. The largest absolute Gasteiger partial charge is 0.507 e. The van der Waals surface area contributed by atoms with Gasteiger partial charge in [0.15, 0.2) is 11.5 Å². The number of phenolic OH excluding ortho intramolecular Hbond substituents is 1. The zero-order chi connectivity index (χ0) is 22.4. The molecular formula is C22H17BrCl2N2O4. The molecule has 0 bridgehead atoms. The van der Waals surface area contributed by atoms with E-state index in [-0.39, 0.29) is 17.9 Å². The molecule has 0 atom stereocenters. The van der Waals surface area contributed by atoms with Crippen LogP contribution in [0.2, 0.25) is 10.0 Å². The highest BCUT2D eigenvalue weighted by molar-refractivity contribution is 9.10. The van der Waals surface area contributed by atoms with E-state index in [4.69, 9.17) is 32.7 Å². The second kappa shape index (κ2) is 10.5. The quantitative estimate of drug-likeness (QED) is 0.302. The van der Waals surface area contributed by atoms with Crippen LogP contribution in [0.1, 0.15) is 21.5 Å². The lowest BCUT2D eigenvalue weighted by atomic mass is 10.2. The zero-order valence-corrected chi connectivity index (χ0v) is 19.3. The van der Waals surface area contributed by atoms with Gasteiger partial charge in [-0.15, -0.1) is 0 Å². The Kier molecular flexibility index (Phi) is 7.79. The molecule has 0 saturated heterocycles. The molecule has 0 saturated carbocycles. The molecule has 0 heterocycles. The maximum absolute atomic E-state index is 12.1. The van der Waals surface area contributed by atoms with Crippen LogP contribution in [-0.2, 0) is 6.61 Å². The van der Waals surface area contributed by atoms with Crippen LogP contribution in [0.15, 0.2) is 64.2 Å². The van der Waals surface area contributed by atoms with Crippen LogP contribution in [-0.4, -0.2) is 24.3 Å². The molecular weight excluding hydrogens is 507 g/mol. The summed E-state index contributed by atoms with van der Waals surface area (Å²) in [4.78, 5) is 12.1. The summed E-state index contributed by atoms with van der Waals surface area (Å²) >= 11 is 15.6. The lowest BCUT2D eigenvalue weighted by molar-refractivity contribution is 0.0952. The van der Waals surface area contributed by atoms with Gasteiger partial charge in [0.2, 0.25) is 0 Å². The van der Waals surface area contributed by atoms with Crippen molar-refractivity contribution in [2.24, 2.45) is 5.10 Å². The molecule has 3 aromatic rings. The topological polar surface area (TPSA) is 80.2 Å². The maximum Gasteiger partial charge on any atom is 0.275 e. The summed E-state index contributed by atoms with van der Waals surface area (Å²) < 4.78 is 11.9. The van der Waals surface area contributed by atoms with Gasteiger partial charge >= 0.3 is 0 Å². The summed E-state index contributed by atoms with van der Waals surface area (Å²) in [6, 6.07) is 14.9. The van der Waals surface area contributed by atoms with Gasteiger partial charge in [0.1, 0.15) is 12.4 Å². The van der Waals surface area contributed by atoms with Crippen molar-refractivity contribution in [3.63, 3.8) is 0 Å². The molecule has 0 aliphatic heterocycles. The zero-order valence-electron chi connectivity index (χ0n) is 16.2. The van der Waals surface area contributed by atoms with E-state index in [0.717, 1.165) is 5.56 Å². The summed E-state index contributed by atoms with van der Waals surface area (Å²) in [6.45, 7) is 0.217. The van der Waals surface area contributed by atoms with Crippen molar-refractivity contribution in [2.75, 3.05) is 7.11 Å². The Morgan fingerprint density at radius 2 is 1.97 bits per heavy atom. The standard InChI is InChI=1S/C22H17BrCl2N2O4/c1-30-20-9-13(11-26-27-22(29)16-4-2-3-5-19(16)28)8-17(23)21(20)31-12-14-6-7-15(24)10-18(14)25/h2-11,28H,12H2,1H3,(H,27,29). The Hall–Kier alpha value is -2.74. The number of hydrogen-bond donors (Lipinski definition) is 2. The number of rotatable bonds is 7. The number of ether oxygens (including phenoxy) is 2. The number of carbonyl (C=O) groups is 1. The van der Waals surface area contributed by atoms with Crippen LogP contribution in [0.5, 0.6) is 17.2 Å². The van der Waals surface area contributed by atoms with E-state index < -0.39 is 5.91 Å². The fourth-order valence-electron chi connectivity index (χ4n) is 2.63. The number of hydrogen-bond acceptors (Lipinski definition) is 5. The van der Waals surface area contributed by atoms with Gasteiger partial charge in [-0.3, -0.25) is 4.79 Å². The van der Waals surface area contributed by atoms with Crippen molar-refractivity contribution in [1.29, 1.82) is 0 Å². The molecule has 3 rings (SSSR count). The molecule has 3 aromatic carbocycles. The number of halogens is 3. The number of methoxy groups -OCH3 is 1. The van der Waals surface area contributed by atoms with E-state index in [2.05, 4.69) is 26.5 Å². The van der Waals surface area contributed by atoms with Crippen molar-refractivity contribution in [3.05, 3.63) is 85.8 Å². The number of nitrogens with zero attached hydrogens (tertiary/aromatic N) is 1. The first-order valence-electron chi connectivity index (χ1n) is 8.94. The molecule has 31 heavy (non-hydrogen) atoms. The number of nitrogens with one attached hydrogen (secondary N) is 1. The molecule has 6 nitrogen and oxygen atoms in total. The summed E-state index contributed by atoms with van der Waals surface area (Å²) in [7, 11) is 1.52. The summed E-state index contributed by atoms with van der Waals surface area (Å²) in [5.41, 5.74) is 3.93. The molecule has 0 aliphatic carbocycles. The van der Waals surface area contributed by atoms with Gasteiger partial charge in [-0.2, -0.15) is 5.10 Å². The van der Waals surface area contributed by atoms with E-state index in [1.54, 1.807) is 42.5 Å². The van der Waals surface area contributed by atoms with Crippen LogP contribution < -0.4 is 14.9 Å². The molecule has 0 aromatic heterocycles. The Balaban J connectivity index is 1.72. The molecule has 0 fully saturated rings. The van der Waals surface area contributed by atoms with E-state index in [9.17, 15) is 9.90 Å². The third-order valence-corrected chi connectivity index (χ3v) is 5.34. The first-order valence-corrected chi connectivity index (χ1v) is 10.5. The third kappa shape index (κ3) is 5.91. The molecule has 0 unspecified atom stereocenters. The van der Waals surface area contributed by atoms with Crippen molar-refractivity contribution < 1.29 is 19.4 Å². The van der Waals surface area contributed by atoms with Crippen molar-refractivity contribution in [3.8, 4) is 17.2 Å². The minimum Gasteiger partial charge on any atom is -0.507 e. The van der Waals surface area contributed by atoms with Crippen molar-refractivity contribution >= 4 is 51.3 Å². The minimum absolute atomic E-state index is 0.123. The predicted molar refractivity (Wildman–Crippen MR) is 125 cm³/mol. The first kappa shape index (κ1) is 22.9. The van der Waals surface area contributed by atoms with Gasteiger partial charge in [0.25, 0.3) is 5.91 Å². The fourth-order valence-corrected chi connectivity index (χ4v) is 3.67. The van der Waals surface area contributed by atoms with E-state index in [1.807, 2.05) is 0 Å². The number of amides is 1. The van der Waals surface area contributed by atoms with Crippen LogP contribution in [0.3, 0.4) is 0 Å². The van der Waals surface area contributed by atoms with Crippen molar-refractivity contribution in [1.82, 2.24) is 5.43 Å². The van der Waals surface area contributed by atoms with Gasteiger partial charge in [-0.25, -0.2) is 5.43 Å². The van der Waals surface area contributed by atoms with Crippen molar-refractivity contribution in [2.45, 2.75) is 6.61 Å². The molecule has 2 N–H and O–H groups in total. The lowest BCUT2D eigenvalue weighted by Gasteiger charge is -2.14. The van der Waals surface area contributed by atoms with Gasteiger partial charge in [-0.1, -0.05) is 41.4 Å². The second-order valence-electron chi connectivity index (χ2n) is 6.27. The minimum atomic E-state index is -0.528. The summed E-state index contributed by atoms with van der Waals surface area (Å²) in [5.74, 6) is 0.305. The normalized spacial score (nSPS) is 10.8. The average molecular weight is 524 g/mol. The van der Waals surface area contributed by atoms with Gasteiger partial charge < -0.3 is 14.6 Å². The SMILES string of the molecule is COc1cc(C=NNC(=O)c2ccccc2O)cc(Br)c1OCc1ccc(Cl)cc1Cl. The van der Waals surface area contributed by atoms with E-state index >= 15 is 0 Å². The smallest absolute Gasteiger partial charge is 0.275 e. The van der Waals surface area contributed by atoms with Crippen LogP contribution in [0.4, 0.5) is 0 Å². The number of aromatic hydroxyl groups is 1. The number of para-hydroxylation sites is 1. The van der Waals surface area contributed by atoms with Crippen LogP contribution in [0.25, 0.3) is 0 Å². The highest BCUT2D eigenvalue weighted by Gasteiger charge is 2.13. The van der Waals surface area contributed by atoms with E-state index in [1.165, 1.54) is 25.5 Å². The second-order valence-corrected chi connectivity index (χ2v) is 7.97. The van der Waals surface area contributed by atoms with Crippen LogP contribution >= 0.6 is 39.1 Å². The molecule has 160 valence electrons.